The first-order valence-corrected chi connectivity index (χ1v) is 12.0. The van der Waals surface area contributed by atoms with Crippen molar-refractivity contribution in [2.75, 3.05) is 34.4 Å². The van der Waals surface area contributed by atoms with Crippen LogP contribution in [-0.4, -0.2) is 66.6 Å². The number of aromatic nitrogens is 1. The highest BCUT2D eigenvalue weighted by molar-refractivity contribution is 5.97. The van der Waals surface area contributed by atoms with Crippen LogP contribution in [0.4, 0.5) is 0 Å². The predicted molar refractivity (Wildman–Crippen MR) is 137 cm³/mol. The fraction of sp³-hybridized carbons (Fsp3) is 0.357. The number of benzene rings is 2. The van der Waals surface area contributed by atoms with E-state index in [0.717, 1.165) is 17.0 Å². The summed E-state index contributed by atoms with van der Waals surface area (Å²) in [5.41, 5.74) is 2.40. The summed E-state index contributed by atoms with van der Waals surface area (Å²) in [5, 5.41) is 0. The maximum Gasteiger partial charge on any atom is 0.254 e. The lowest BCUT2D eigenvalue weighted by Gasteiger charge is -2.39. The molecule has 190 valence electrons. The van der Waals surface area contributed by atoms with E-state index in [1.54, 1.807) is 30.2 Å². The van der Waals surface area contributed by atoms with Crippen LogP contribution in [0.2, 0.25) is 0 Å². The molecule has 0 aliphatic carbocycles. The van der Waals surface area contributed by atoms with Crippen molar-refractivity contribution in [3.63, 3.8) is 0 Å². The van der Waals surface area contributed by atoms with E-state index in [9.17, 15) is 9.59 Å². The summed E-state index contributed by atoms with van der Waals surface area (Å²) < 4.78 is 18.3. The molecular weight excluding hydrogens is 458 g/mol. The lowest BCUT2D eigenvalue weighted by molar-refractivity contribution is -0.135. The van der Waals surface area contributed by atoms with Gasteiger partial charge in [0.2, 0.25) is 5.91 Å². The largest absolute Gasteiger partial charge is 0.497 e. The van der Waals surface area contributed by atoms with E-state index in [-0.39, 0.29) is 30.4 Å². The molecule has 0 fully saturated rings. The van der Waals surface area contributed by atoms with Crippen LogP contribution >= 0.6 is 0 Å². The first kappa shape index (κ1) is 25.2. The van der Waals surface area contributed by atoms with Gasteiger partial charge < -0.3 is 28.6 Å². The maximum atomic E-state index is 13.8. The zero-order valence-corrected chi connectivity index (χ0v) is 21.4. The summed E-state index contributed by atoms with van der Waals surface area (Å²) in [5.74, 6) is 1.39. The Bertz CT molecular complexity index is 1210. The molecule has 2 aromatic carbocycles. The fourth-order valence-corrected chi connectivity index (χ4v) is 4.64. The number of nitrogens with zero attached hydrogens (tertiary/aromatic N) is 3. The number of carbonyl (C=O) groups excluding carboxylic acids is 2. The van der Waals surface area contributed by atoms with E-state index in [1.807, 2.05) is 61.3 Å². The van der Waals surface area contributed by atoms with Crippen LogP contribution in [0.5, 0.6) is 17.2 Å². The monoisotopic (exact) mass is 491 g/mol. The minimum absolute atomic E-state index is 0.0444. The van der Waals surface area contributed by atoms with Gasteiger partial charge in [0.05, 0.1) is 27.4 Å². The van der Waals surface area contributed by atoms with E-state index >= 15 is 0 Å². The van der Waals surface area contributed by atoms with Crippen LogP contribution in [0.3, 0.4) is 0 Å². The normalized spacial score (nSPS) is 14.8. The molecule has 0 bridgehead atoms. The zero-order valence-electron chi connectivity index (χ0n) is 21.4. The van der Waals surface area contributed by atoms with Gasteiger partial charge in [-0.3, -0.25) is 9.59 Å². The summed E-state index contributed by atoms with van der Waals surface area (Å²) in [7, 11) is 4.71. The number of hydrogen-bond acceptors (Lipinski definition) is 5. The third-order valence-electron chi connectivity index (χ3n) is 6.56. The third kappa shape index (κ3) is 5.03. The summed E-state index contributed by atoms with van der Waals surface area (Å²) in [4.78, 5) is 30.8. The van der Waals surface area contributed by atoms with Crippen molar-refractivity contribution in [2.45, 2.75) is 32.5 Å². The Balaban J connectivity index is 1.64. The van der Waals surface area contributed by atoms with Gasteiger partial charge in [-0.1, -0.05) is 12.1 Å². The van der Waals surface area contributed by atoms with E-state index in [4.69, 9.17) is 14.2 Å². The molecule has 4 rings (SSSR count). The third-order valence-corrected chi connectivity index (χ3v) is 6.56. The van der Waals surface area contributed by atoms with Crippen LogP contribution in [-0.2, 0) is 11.3 Å². The molecule has 1 unspecified atom stereocenters. The molecule has 1 atom stereocenters. The Kier molecular flexibility index (Phi) is 7.52. The second-order valence-corrected chi connectivity index (χ2v) is 9.02. The number of rotatable bonds is 8. The molecule has 0 saturated carbocycles. The number of ether oxygens (including phenoxy) is 3. The van der Waals surface area contributed by atoms with Crippen molar-refractivity contribution in [2.24, 2.45) is 0 Å². The molecule has 0 saturated heterocycles. The Labute approximate surface area is 212 Å². The summed E-state index contributed by atoms with van der Waals surface area (Å²) in [6.45, 7) is 5.00. The van der Waals surface area contributed by atoms with Crippen molar-refractivity contribution in [1.82, 2.24) is 14.4 Å². The Morgan fingerprint density at radius 3 is 2.25 bits per heavy atom. The van der Waals surface area contributed by atoms with E-state index in [1.165, 1.54) is 14.2 Å². The van der Waals surface area contributed by atoms with Gasteiger partial charge in [-0.05, 0) is 55.8 Å². The molecule has 1 aliphatic rings. The smallest absolute Gasteiger partial charge is 0.254 e. The van der Waals surface area contributed by atoms with Crippen molar-refractivity contribution in [3.8, 4) is 17.2 Å². The Morgan fingerprint density at radius 1 is 0.917 bits per heavy atom. The van der Waals surface area contributed by atoms with Gasteiger partial charge in [0.25, 0.3) is 5.91 Å². The van der Waals surface area contributed by atoms with E-state index < -0.39 is 0 Å². The summed E-state index contributed by atoms with van der Waals surface area (Å²) in [6, 6.07) is 16.4. The quantitative estimate of drug-likeness (QED) is 0.476. The molecule has 0 radical (unpaired) electrons. The van der Waals surface area contributed by atoms with Crippen LogP contribution < -0.4 is 14.2 Å². The number of carbonyl (C=O) groups is 2. The van der Waals surface area contributed by atoms with Gasteiger partial charge in [-0.25, -0.2) is 0 Å². The highest BCUT2D eigenvalue weighted by Gasteiger charge is 2.34. The average molecular weight is 492 g/mol. The highest BCUT2D eigenvalue weighted by Crippen LogP contribution is 2.34. The standard InChI is InChI=1S/C28H33N3O5/c1-19(2)31(28(33)21-15-23(35-4)17-24(16-21)36-5)18-26(32)30-13-12-29-11-7-10-25(29)27(30)20-8-6-9-22(14-20)34-3/h6-11,14-17,19,27H,12-13,18H2,1-5H3. The van der Waals surface area contributed by atoms with Crippen LogP contribution in [0, 0.1) is 0 Å². The summed E-state index contributed by atoms with van der Waals surface area (Å²) in [6.07, 6.45) is 2.03. The first-order valence-electron chi connectivity index (χ1n) is 12.0. The topological polar surface area (TPSA) is 73.2 Å². The molecule has 0 spiro atoms. The number of fused-ring (bicyclic) bond motifs is 1. The van der Waals surface area contributed by atoms with Crippen LogP contribution in [0.15, 0.2) is 60.8 Å². The van der Waals surface area contributed by atoms with Gasteiger partial charge in [0, 0.05) is 42.7 Å². The molecule has 2 heterocycles. The van der Waals surface area contributed by atoms with Crippen LogP contribution in [0.1, 0.15) is 41.5 Å². The van der Waals surface area contributed by atoms with Gasteiger partial charge in [-0.15, -0.1) is 0 Å². The lowest BCUT2D eigenvalue weighted by Crippen LogP contribution is -2.49. The molecule has 3 aromatic rings. The minimum atomic E-state index is -0.280. The van der Waals surface area contributed by atoms with E-state index in [0.29, 0.717) is 30.2 Å². The lowest BCUT2D eigenvalue weighted by atomic mass is 9.99. The van der Waals surface area contributed by atoms with Crippen LogP contribution in [0.25, 0.3) is 0 Å². The summed E-state index contributed by atoms with van der Waals surface area (Å²) >= 11 is 0. The molecule has 8 nitrogen and oxygen atoms in total. The molecule has 36 heavy (non-hydrogen) atoms. The second-order valence-electron chi connectivity index (χ2n) is 9.02. The molecule has 2 amide bonds. The number of hydrogen-bond donors (Lipinski definition) is 0. The molecule has 8 heteroatoms. The van der Waals surface area contributed by atoms with Gasteiger partial charge in [-0.2, -0.15) is 0 Å². The molecular formula is C28H33N3O5. The predicted octanol–water partition coefficient (Wildman–Crippen LogP) is 4.00. The first-order chi connectivity index (χ1) is 17.4. The van der Waals surface area contributed by atoms with Crippen molar-refractivity contribution >= 4 is 11.8 Å². The van der Waals surface area contributed by atoms with Crippen molar-refractivity contribution < 1.29 is 23.8 Å². The average Bonchev–Trinajstić information content (AvgIpc) is 3.39. The second kappa shape index (κ2) is 10.8. The minimum Gasteiger partial charge on any atom is -0.497 e. The fourth-order valence-electron chi connectivity index (χ4n) is 4.64. The van der Waals surface area contributed by atoms with Gasteiger partial charge in [0.1, 0.15) is 23.8 Å². The zero-order chi connectivity index (χ0) is 25.8. The van der Waals surface area contributed by atoms with Crippen molar-refractivity contribution in [3.05, 3.63) is 77.6 Å². The van der Waals surface area contributed by atoms with Crippen molar-refractivity contribution in [1.29, 1.82) is 0 Å². The van der Waals surface area contributed by atoms with Gasteiger partial charge in [0.15, 0.2) is 0 Å². The number of methoxy groups -OCH3 is 3. The van der Waals surface area contributed by atoms with E-state index in [2.05, 4.69) is 4.57 Å². The van der Waals surface area contributed by atoms with Gasteiger partial charge >= 0.3 is 0 Å². The molecule has 1 aromatic heterocycles. The Morgan fingerprint density at radius 2 is 1.61 bits per heavy atom. The number of amides is 2. The highest BCUT2D eigenvalue weighted by atomic mass is 16.5. The Hall–Kier alpha value is -3.94. The SMILES string of the molecule is COc1cc(OC)cc(C(=O)N(CC(=O)N2CCn3cccc3C2c2cccc(OC)c2)C(C)C)c1. The maximum absolute atomic E-state index is 13.8. The molecule has 0 N–H and O–H groups in total. The molecule has 1 aliphatic heterocycles.